The van der Waals surface area contributed by atoms with Gasteiger partial charge in [0.25, 0.3) is 0 Å². The molecule has 0 fully saturated rings. The Bertz CT molecular complexity index is 952. The number of rotatable bonds is 6. The van der Waals surface area contributed by atoms with Gasteiger partial charge in [-0.05, 0) is 19.1 Å². The third-order valence-corrected chi connectivity index (χ3v) is 4.80. The van der Waals surface area contributed by atoms with Crippen LogP contribution >= 0.6 is 11.3 Å². The first-order valence-electron chi connectivity index (χ1n) is 6.38. The van der Waals surface area contributed by atoms with Gasteiger partial charge in [-0.25, -0.2) is 4.98 Å². The number of hydrogen-bond donors (Lipinski definition) is 0. The molecule has 0 saturated heterocycles. The van der Waals surface area contributed by atoms with E-state index in [1.165, 1.54) is 0 Å². The smallest absolute Gasteiger partial charge is 0.491 e. The monoisotopic (exact) mass is 398 g/mol. The minimum absolute atomic E-state index is 0.0595. The van der Waals surface area contributed by atoms with Gasteiger partial charge in [0.2, 0.25) is 5.75 Å². The van der Waals surface area contributed by atoms with Crippen LogP contribution in [0.2, 0.25) is 0 Å². The lowest BCUT2D eigenvalue weighted by atomic mass is 10.3. The summed E-state index contributed by atoms with van der Waals surface area (Å²) in [4.78, 5) is 14.2. The highest BCUT2D eigenvalue weighted by Crippen LogP contribution is 2.41. The second kappa shape index (κ2) is 6.48. The van der Waals surface area contributed by atoms with Crippen molar-refractivity contribution in [3.63, 3.8) is 0 Å². The number of nitro groups is 1. The van der Waals surface area contributed by atoms with Crippen LogP contribution in [0.15, 0.2) is 18.7 Å². The van der Waals surface area contributed by atoms with Gasteiger partial charge in [0, 0.05) is 0 Å². The zero-order chi connectivity index (χ0) is 19.0. The molecule has 0 aliphatic heterocycles. The summed E-state index contributed by atoms with van der Waals surface area (Å²) < 4.78 is 68.4. The molecule has 1 aromatic carbocycles. The lowest BCUT2D eigenvalue weighted by Crippen LogP contribution is -2.28. The second-order valence-corrected chi connectivity index (χ2v) is 6.91. The average Bonchev–Trinajstić information content (AvgIpc) is 2.89. The Hall–Kier alpha value is -2.41. The number of nitro benzene ring substituents is 1. The number of ether oxygens (including phenoxy) is 1. The maximum atomic E-state index is 12.4. The molecule has 8 nitrogen and oxygen atoms in total. The Labute approximate surface area is 142 Å². The highest BCUT2D eigenvalue weighted by atomic mass is 32.2. The quantitative estimate of drug-likeness (QED) is 0.241. The average molecular weight is 398 g/mol. The maximum Gasteiger partial charge on any atom is 0.534 e. The summed E-state index contributed by atoms with van der Waals surface area (Å²) >= 11 is 0.715. The van der Waals surface area contributed by atoms with E-state index in [9.17, 15) is 31.7 Å². The molecule has 1 aromatic heterocycles. The summed E-state index contributed by atoms with van der Waals surface area (Å²) in [7, 11) is -6.06. The molecule has 0 atom stereocenters. The number of hydrogen-bond acceptors (Lipinski definition) is 8. The highest BCUT2D eigenvalue weighted by Gasteiger charge is 2.49. The second-order valence-electron chi connectivity index (χ2n) is 4.38. The Balaban J connectivity index is 2.61. The van der Waals surface area contributed by atoms with Crippen LogP contribution in [-0.2, 0) is 14.9 Å². The first kappa shape index (κ1) is 18.9. The SMILES string of the molecule is C=C(OCC)c1nc2ccc(OS(=O)(=O)C(F)(F)F)c([N+](=O)[O-])c2s1. The van der Waals surface area contributed by atoms with Crippen molar-refractivity contribution in [3.8, 4) is 5.75 Å². The van der Waals surface area contributed by atoms with E-state index < -0.39 is 32.0 Å². The molecule has 1 heterocycles. The molecule has 0 bridgehead atoms. The molecule has 13 heteroatoms. The summed E-state index contributed by atoms with van der Waals surface area (Å²) in [6.07, 6.45) is 0. The molecule has 2 aromatic rings. The van der Waals surface area contributed by atoms with Crippen LogP contribution in [0.5, 0.6) is 5.75 Å². The van der Waals surface area contributed by atoms with Gasteiger partial charge in [-0.2, -0.15) is 21.6 Å². The molecule has 0 N–H and O–H groups in total. The number of halogens is 3. The standard InChI is InChI=1S/C12H9F3N2O6S2/c1-3-22-6(2)11-16-7-4-5-8(9(17(18)19)10(7)24-11)23-25(20,21)12(13,14)15/h4-5H,2-3H2,1H3. The van der Waals surface area contributed by atoms with Crippen LogP contribution in [0.4, 0.5) is 18.9 Å². The van der Waals surface area contributed by atoms with Crippen molar-refractivity contribution in [1.82, 2.24) is 4.98 Å². The molecule has 136 valence electrons. The number of fused-ring (bicyclic) bond motifs is 1. The summed E-state index contributed by atoms with van der Waals surface area (Å²) in [6, 6.07) is 1.83. The molecule has 0 saturated carbocycles. The van der Waals surface area contributed by atoms with Crippen LogP contribution in [0.1, 0.15) is 11.9 Å². The van der Waals surface area contributed by atoms with E-state index in [1.54, 1.807) is 6.92 Å². The number of alkyl halides is 3. The van der Waals surface area contributed by atoms with E-state index in [4.69, 9.17) is 4.74 Å². The molecular formula is C12H9F3N2O6S2. The van der Waals surface area contributed by atoms with Crippen LogP contribution in [0, 0.1) is 10.1 Å². The lowest BCUT2D eigenvalue weighted by molar-refractivity contribution is -0.383. The summed E-state index contributed by atoms with van der Waals surface area (Å²) in [5.74, 6) is -0.949. The number of benzene rings is 1. The number of aromatic nitrogens is 1. The Morgan fingerprint density at radius 3 is 2.60 bits per heavy atom. The first-order chi connectivity index (χ1) is 11.5. The summed E-state index contributed by atoms with van der Waals surface area (Å²) in [6.45, 7) is 5.51. The van der Waals surface area contributed by atoms with Crippen LogP contribution < -0.4 is 4.18 Å². The zero-order valence-corrected chi connectivity index (χ0v) is 14.0. The van der Waals surface area contributed by atoms with Gasteiger partial charge in [-0.1, -0.05) is 6.58 Å². The highest BCUT2D eigenvalue weighted by molar-refractivity contribution is 7.88. The Morgan fingerprint density at radius 2 is 2.08 bits per heavy atom. The molecule has 2 rings (SSSR count). The van der Waals surface area contributed by atoms with Crippen molar-refractivity contribution in [3.05, 3.63) is 33.8 Å². The fourth-order valence-electron chi connectivity index (χ4n) is 1.72. The fraction of sp³-hybridized carbons (Fsp3) is 0.250. The Kier molecular flexibility index (Phi) is 4.90. The van der Waals surface area contributed by atoms with E-state index in [0.29, 0.717) is 11.3 Å². The predicted molar refractivity (Wildman–Crippen MR) is 82.5 cm³/mol. The van der Waals surface area contributed by atoms with Gasteiger partial charge in [-0.15, -0.1) is 11.3 Å². The molecule has 0 unspecified atom stereocenters. The summed E-state index contributed by atoms with van der Waals surface area (Å²) in [5.41, 5.74) is -6.61. The van der Waals surface area contributed by atoms with Crippen molar-refractivity contribution < 1.29 is 35.4 Å². The van der Waals surface area contributed by atoms with E-state index in [0.717, 1.165) is 12.1 Å². The van der Waals surface area contributed by atoms with E-state index in [-0.39, 0.29) is 27.6 Å². The maximum absolute atomic E-state index is 12.4. The topological polar surface area (TPSA) is 109 Å². The lowest BCUT2D eigenvalue weighted by Gasteiger charge is -2.09. The van der Waals surface area contributed by atoms with Crippen molar-refractivity contribution in [1.29, 1.82) is 0 Å². The van der Waals surface area contributed by atoms with Crippen molar-refractivity contribution in [2.24, 2.45) is 0 Å². The minimum Gasteiger partial charge on any atom is -0.491 e. The normalized spacial score (nSPS) is 12.2. The van der Waals surface area contributed by atoms with Gasteiger partial charge >= 0.3 is 21.3 Å². The fourth-order valence-corrected chi connectivity index (χ4v) is 3.19. The molecule has 0 aliphatic carbocycles. The molecule has 0 aliphatic rings. The number of nitrogens with zero attached hydrogens (tertiary/aromatic N) is 2. The van der Waals surface area contributed by atoms with E-state index in [1.807, 2.05) is 0 Å². The molecule has 0 spiro atoms. The third-order valence-electron chi connectivity index (χ3n) is 2.72. The van der Waals surface area contributed by atoms with Gasteiger partial charge in [-0.3, -0.25) is 10.1 Å². The van der Waals surface area contributed by atoms with Crippen LogP contribution in [-0.4, -0.2) is 30.4 Å². The van der Waals surface area contributed by atoms with E-state index in [2.05, 4.69) is 15.7 Å². The van der Waals surface area contributed by atoms with Gasteiger partial charge in [0.05, 0.1) is 17.0 Å². The van der Waals surface area contributed by atoms with Crippen molar-refractivity contribution in [2.45, 2.75) is 12.4 Å². The molecule has 25 heavy (non-hydrogen) atoms. The largest absolute Gasteiger partial charge is 0.534 e. The van der Waals surface area contributed by atoms with Gasteiger partial charge in [0.1, 0.15) is 10.5 Å². The predicted octanol–water partition coefficient (Wildman–Crippen LogP) is 3.44. The zero-order valence-electron chi connectivity index (χ0n) is 12.4. The number of thiazole rings is 1. The van der Waals surface area contributed by atoms with Gasteiger partial charge in [0.15, 0.2) is 5.01 Å². The molecule has 0 amide bonds. The third kappa shape index (κ3) is 3.66. The minimum atomic E-state index is -6.06. The molecule has 0 radical (unpaired) electrons. The Morgan fingerprint density at radius 1 is 1.44 bits per heavy atom. The van der Waals surface area contributed by atoms with Crippen LogP contribution in [0.3, 0.4) is 0 Å². The van der Waals surface area contributed by atoms with E-state index >= 15 is 0 Å². The van der Waals surface area contributed by atoms with Gasteiger partial charge < -0.3 is 8.92 Å². The molecular weight excluding hydrogens is 389 g/mol. The first-order valence-corrected chi connectivity index (χ1v) is 8.61. The van der Waals surface area contributed by atoms with Crippen molar-refractivity contribution >= 4 is 43.1 Å². The summed E-state index contributed by atoms with van der Waals surface area (Å²) in [5, 5.41) is 11.4. The van der Waals surface area contributed by atoms with Crippen molar-refractivity contribution in [2.75, 3.05) is 6.61 Å². The van der Waals surface area contributed by atoms with Crippen LogP contribution in [0.25, 0.3) is 16.0 Å².